The van der Waals surface area contributed by atoms with Crippen LogP contribution in [0.2, 0.25) is 0 Å². The van der Waals surface area contributed by atoms with E-state index in [1.807, 2.05) is 0 Å². The zero-order chi connectivity index (χ0) is 23.0. The first-order valence-electron chi connectivity index (χ1n) is 8.92. The third-order valence-corrected chi connectivity index (χ3v) is 6.08. The highest BCUT2D eigenvalue weighted by Crippen LogP contribution is 2.55. The molecule has 168 valence electrons. The van der Waals surface area contributed by atoms with Gasteiger partial charge in [0.15, 0.2) is 5.85 Å². The van der Waals surface area contributed by atoms with Crippen LogP contribution in [-0.4, -0.2) is 46.3 Å². The fourth-order valence-electron chi connectivity index (χ4n) is 2.51. The molecule has 0 bridgehead atoms. The quantitative estimate of drug-likeness (QED) is 0.208. The van der Waals surface area contributed by atoms with Gasteiger partial charge < -0.3 is 29.2 Å². The van der Waals surface area contributed by atoms with E-state index >= 15 is 0 Å². The molecule has 3 atom stereocenters. The number of methoxy groups -OCH3 is 1. The molecule has 31 heavy (non-hydrogen) atoms. The van der Waals surface area contributed by atoms with Crippen LogP contribution in [0.5, 0.6) is 0 Å². The van der Waals surface area contributed by atoms with Crippen molar-refractivity contribution < 1.29 is 43.0 Å². The van der Waals surface area contributed by atoms with Crippen molar-refractivity contribution >= 4 is 25.3 Å². The number of aliphatic hydroxyl groups excluding tert-OH is 1. The largest absolute Gasteiger partial charge is 0.467 e. The van der Waals surface area contributed by atoms with Crippen LogP contribution < -0.4 is 5.32 Å². The number of aliphatic hydroxyl groups is 1. The molecule has 2 rings (SSSR count). The maximum absolute atomic E-state index is 12.5. The second-order valence-corrected chi connectivity index (χ2v) is 8.80. The smallest absolute Gasteiger partial charge is 0.433 e. The number of hydrogen-bond donors (Lipinski definition) is 3. The van der Waals surface area contributed by atoms with Crippen molar-refractivity contribution in [2.75, 3.05) is 13.3 Å². The van der Waals surface area contributed by atoms with Crippen molar-refractivity contribution in [3.8, 4) is 0 Å². The highest BCUT2D eigenvalue weighted by atomic mass is 31.2. The van der Waals surface area contributed by atoms with Gasteiger partial charge in [-0.25, -0.2) is 9.59 Å². The number of nitrogens with zero attached hydrogens (tertiary/aromatic N) is 1. The molecule has 0 fully saturated rings. The average molecular weight is 456 g/mol. The molecule has 0 aliphatic carbocycles. The number of rotatable bonds is 10. The molecule has 0 saturated heterocycles. The standard InChI is InChI=1S/C18H21N2O10P/c1-28-16(21)13(19-18(23)29-11-12-5-3-2-4-6-12)9-10-31(26,27)17(22)14-7-8-15(30-14)20(24)25/h2-8,13,17,22H,9-11H2,1H3,(H,19,23)(H,26,27)/t13-,17?/m0/s1. The fraction of sp³-hybridized carbons (Fsp3) is 0.333. The lowest BCUT2D eigenvalue weighted by molar-refractivity contribution is -0.402. The Balaban J connectivity index is 1.97. The second kappa shape index (κ2) is 10.7. The Morgan fingerprint density at radius 1 is 1.26 bits per heavy atom. The Kier molecular flexibility index (Phi) is 8.31. The molecule has 0 aliphatic rings. The Bertz CT molecular complexity index is 961. The number of ether oxygens (including phenoxy) is 2. The Hall–Kier alpha value is -3.21. The van der Waals surface area contributed by atoms with Gasteiger partial charge in [0.2, 0.25) is 7.37 Å². The average Bonchev–Trinajstić information content (AvgIpc) is 3.25. The van der Waals surface area contributed by atoms with Crippen LogP contribution in [0.3, 0.4) is 0 Å². The van der Waals surface area contributed by atoms with Crippen LogP contribution in [-0.2, 0) is 25.4 Å². The van der Waals surface area contributed by atoms with Crippen LogP contribution in [0.25, 0.3) is 0 Å². The number of furan rings is 1. The van der Waals surface area contributed by atoms with E-state index in [0.717, 1.165) is 19.2 Å². The van der Waals surface area contributed by atoms with Gasteiger partial charge in [0, 0.05) is 6.16 Å². The number of nitrogens with one attached hydrogen (secondary N) is 1. The van der Waals surface area contributed by atoms with Crippen molar-refractivity contribution in [3.05, 3.63) is 63.9 Å². The molecule has 13 heteroatoms. The SMILES string of the molecule is COC(=O)[C@H](CCP(=O)(O)C(O)c1ccc([N+](=O)[O-])o1)NC(=O)OCc1ccccc1. The van der Waals surface area contributed by atoms with Crippen LogP contribution in [0, 0.1) is 10.1 Å². The molecular formula is C18H21N2O10P. The molecule has 0 aliphatic heterocycles. The normalized spacial score (nSPS) is 14.7. The Morgan fingerprint density at radius 2 is 1.94 bits per heavy atom. The van der Waals surface area contributed by atoms with Crippen LogP contribution in [0.4, 0.5) is 10.7 Å². The van der Waals surface area contributed by atoms with Crippen molar-refractivity contribution in [2.45, 2.75) is 24.9 Å². The molecule has 12 nitrogen and oxygen atoms in total. The number of amides is 1. The molecule has 1 heterocycles. The molecule has 2 aromatic rings. The summed E-state index contributed by atoms with van der Waals surface area (Å²) in [6.45, 7) is -0.0605. The van der Waals surface area contributed by atoms with Crippen LogP contribution in [0.15, 0.2) is 46.9 Å². The van der Waals surface area contributed by atoms with E-state index in [0.29, 0.717) is 5.56 Å². The molecule has 2 unspecified atom stereocenters. The number of hydrogen-bond acceptors (Lipinski definition) is 9. The first-order valence-corrected chi connectivity index (χ1v) is 10.8. The zero-order valence-electron chi connectivity index (χ0n) is 16.4. The first-order chi connectivity index (χ1) is 14.6. The summed E-state index contributed by atoms with van der Waals surface area (Å²) in [7, 11) is -3.32. The predicted molar refractivity (Wildman–Crippen MR) is 105 cm³/mol. The van der Waals surface area contributed by atoms with Gasteiger partial charge in [-0.2, -0.15) is 0 Å². The van der Waals surface area contributed by atoms with Crippen molar-refractivity contribution in [1.82, 2.24) is 5.32 Å². The third kappa shape index (κ3) is 6.92. The molecule has 3 N–H and O–H groups in total. The highest BCUT2D eigenvalue weighted by Gasteiger charge is 2.36. The number of benzene rings is 1. The van der Waals surface area contributed by atoms with E-state index in [1.165, 1.54) is 0 Å². The van der Waals surface area contributed by atoms with Gasteiger partial charge in [-0.15, -0.1) is 0 Å². The molecule has 0 spiro atoms. The minimum atomic E-state index is -4.39. The van der Waals surface area contributed by atoms with E-state index in [4.69, 9.17) is 9.15 Å². The molecular weight excluding hydrogens is 435 g/mol. The van der Waals surface area contributed by atoms with Gasteiger partial charge in [0.05, 0.1) is 13.2 Å². The van der Waals surface area contributed by atoms with E-state index < -0.39 is 54.0 Å². The maximum atomic E-state index is 12.5. The maximum Gasteiger partial charge on any atom is 0.433 e. The topological polar surface area (TPSA) is 178 Å². The van der Waals surface area contributed by atoms with Gasteiger partial charge in [-0.1, -0.05) is 30.3 Å². The minimum Gasteiger partial charge on any atom is -0.467 e. The van der Waals surface area contributed by atoms with Gasteiger partial charge >= 0.3 is 17.9 Å². The van der Waals surface area contributed by atoms with E-state index in [-0.39, 0.29) is 13.0 Å². The lowest BCUT2D eigenvalue weighted by Gasteiger charge is -2.20. The van der Waals surface area contributed by atoms with Gasteiger partial charge in [-0.05, 0) is 18.1 Å². The van der Waals surface area contributed by atoms with Gasteiger partial charge in [-0.3, -0.25) is 14.7 Å². The number of esters is 1. The van der Waals surface area contributed by atoms with Gasteiger partial charge in [0.25, 0.3) is 0 Å². The summed E-state index contributed by atoms with van der Waals surface area (Å²) in [5.74, 6) is -4.11. The Labute approximate surface area is 176 Å². The summed E-state index contributed by atoms with van der Waals surface area (Å²) in [4.78, 5) is 43.9. The zero-order valence-corrected chi connectivity index (χ0v) is 17.3. The molecule has 1 aromatic heterocycles. The molecule has 0 saturated carbocycles. The van der Waals surface area contributed by atoms with Crippen molar-refractivity contribution in [3.63, 3.8) is 0 Å². The highest BCUT2D eigenvalue weighted by molar-refractivity contribution is 7.58. The first kappa shape index (κ1) is 24.1. The van der Waals surface area contributed by atoms with Crippen LogP contribution >= 0.6 is 7.37 Å². The molecule has 1 amide bonds. The van der Waals surface area contributed by atoms with E-state index in [2.05, 4.69) is 10.1 Å². The molecule has 0 radical (unpaired) electrons. The van der Waals surface area contributed by atoms with Gasteiger partial charge in [0.1, 0.15) is 23.3 Å². The lowest BCUT2D eigenvalue weighted by Crippen LogP contribution is -2.42. The van der Waals surface area contributed by atoms with Crippen molar-refractivity contribution in [2.24, 2.45) is 0 Å². The number of carbonyl (C=O) groups is 2. The summed E-state index contributed by atoms with van der Waals surface area (Å²) in [5.41, 5.74) is 0.711. The third-order valence-electron chi connectivity index (χ3n) is 4.16. The monoisotopic (exact) mass is 456 g/mol. The molecule has 1 aromatic carbocycles. The summed E-state index contributed by atoms with van der Waals surface area (Å²) >= 11 is 0. The summed E-state index contributed by atoms with van der Waals surface area (Å²) in [5, 5.41) is 23.0. The second-order valence-electron chi connectivity index (χ2n) is 6.36. The predicted octanol–water partition coefficient (Wildman–Crippen LogP) is 2.31. The van der Waals surface area contributed by atoms with E-state index in [9.17, 15) is 34.3 Å². The number of alkyl carbamates (subject to hydrolysis) is 1. The van der Waals surface area contributed by atoms with Crippen LogP contribution in [0.1, 0.15) is 23.6 Å². The Morgan fingerprint density at radius 3 is 2.52 bits per heavy atom. The lowest BCUT2D eigenvalue weighted by atomic mass is 10.2. The summed E-state index contributed by atoms with van der Waals surface area (Å²) < 4.78 is 26.8. The summed E-state index contributed by atoms with van der Waals surface area (Å²) in [6.07, 6.45) is -1.95. The minimum absolute atomic E-state index is 0.0605. The van der Waals surface area contributed by atoms with Crippen molar-refractivity contribution in [1.29, 1.82) is 0 Å². The van der Waals surface area contributed by atoms with E-state index in [1.54, 1.807) is 30.3 Å². The fourth-order valence-corrected chi connectivity index (χ4v) is 3.92. The number of nitro groups is 1. The summed E-state index contributed by atoms with van der Waals surface area (Å²) in [6, 6.07) is 9.37. The number of carbonyl (C=O) groups excluding carboxylic acids is 2.